The molecule has 2 aromatic rings. The van der Waals surface area contributed by atoms with Gasteiger partial charge in [0, 0.05) is 16.8 Å². The van der Waals surface area contributed by atoms with Crippen molar-refractivity contribution in [2.45, 2.75) is 13.0 Å². The van der Waals surface area contributed by atoms with E-state index in [2.05, 4.69) is 11.2 Å². The third kappa shape index (κ3) is 3.04. The molecular formula is C17H17NO2. The van der Waals surface area contributed by atoms with Crippen molar-refractivity contribution in [1.82, 2.24) is 0 Å². The number of nitrogens with one attached hydrogen (secondary N) is 1. The summed E-state index contributed by atoms with van der Waals surface area (Å²) >= 11 is 0. The van der Waals surface area contributed by atoms with Crippen molar-refractivity contribution in [3.8, 4) is 23.8 Å². The highest BCUT2D eigenvalue weighted by molar-refractivity contribution is 5.53. The number of rotatable bonds is 4. The maximum Gasteiger partial charge on any atom is 0.121 e. The third-order valence-electron chi connectivity index (χ3n) is 3.11. The molecule has 0 spiro atoms. The lowest BCUT2D eigenvalue weighted by Crippen LogP contribution is -2.07. The fourth-order valence-electron chi connectivity index (χ4n) is 2.03. The van der Waals surface area contributed by atoms with Crippen LogP contribution in [0.2, 0.25) is 0 Å². The molecule has 102 valence electrons. The Morgan fingerprint density at radius 3 is 2.75 bits per heavy atom. The zero-order valence-electron chi connectivity index (χ0n) is 11.6. The lowest BCUT2D eigenvalue weighted by Gasteiger charge is -2.18. The molecule has 0 amide bonds. The van der Waals surface area contributed by atoms with Crippen LogP contribution in [0, 0.1) is 12.3 Å². The molecule has 0 aromatic heterocycles. The number of phenols is 1. The van der Waals surface area contributed by atoms with Crippen LogP contribution in [-0.4, -0.2) is 12.2 Å². The topological polar surface area (TPSA) is 41.5 Å². The van der Waals surface area contributed by atoms with Crippen molar-refractivity contribution < 1.29 is 9.84 Å². The molecule has 0 bridgehead atoms. The summed E-state index contributed by atoms with van der Waals surface area (Å²) in [6, 6.07) is 12.7. The van der Waals surface area contributed by atoms with Crippen molar-refractivity contribution in [3.63, 3.8) is 0 Å². The van der Waals surface area contributed by atoms with E-state index in [-0.39, 0.29) is 11.8 Å². The van der Waals surface area contributed by atoms with Gasteiger partial charge in [-0.1, -0.05) is 12.0 Å². The van der Waals surface area contributed by atoms with E-state index in [4.69, 9.17) is 11.2 Å². The van der Waals surface area contributed by atoms with Crippen LogP contribution in [0.3, 0.4) is 0 Å². The van der Waals surface area contributed by atoms with E-state index in [0.29, 0.717) is 5.75 Å². The zero-order valence-corrected chi connectivity index (χ0v) is 11.6. The molecule has 0 heterocycles. The van der Waals surface area contributed by atoms with Crippen molar-refractivity contribution in [2.24, 2.45) is 0 Å². The molecule has 1 atom stereocenters. The van der Waals surface area contributed by atoms with Crippen molar-refractivity contribution >= 4 is 5.69 Å². The normalized spacial score (nSPS) is 11.4. The lowest BCUT2D eigenvalue weighted by atomic mass is 10.1. The molecule has 2 N–H and O–H groups in total. The van der Waals surface area contributed by atoms with Gasteiger partial charge in [-0.2, -0.15) is 0 Å². The number of terminal acetylenes is 1. The molecule has 20 heavy (non-hydrogen) atoms. The van der Waals surface area contributed by atoms with Crippen molar-refractivity contribution in [2.75, 3.05) is 12.4 Å². The second-order valence-electron chi connectivity index (χ2n) is 4.52. The number of benzene rings is 2. The summed E-state index contributed by atoms with van der Waals surface area (Å²) in [5, 5.41) is 13.3. The highest BCUT2D eigenvalue weighted by atomic mass is 16.5. The number of hydrogen-bond donors (Lipinski definition) is 2. The van der Waals surface area contributed by atoms with Crippen LogP contribution in [0.4, 0.5) is 5.69 Å². The maximum absolute atomic E-state index is 9.95. The minimum absolute atomic E-state index is 0.0712. The minimum atomic E-state index is -0.0712. The predicted molar refractivity (Wildman–Crippen MR) is 81.1 cm³/mol. The summed E-state index contributed by atoms with van der Waals surface area (Å²) < 4.78 is 5.18. The second kappa shape index (κ2) is 6.03. The summed E-state index contributed by atoms with van der Waals surface area (Å²) in [6.45, 7) is 1.97. The molecule has 0 saturated heterocycles. The van der Waals surface area contributed by atoms with Crippen LogP contribution in [0.1, 0.15) is 24.1 Å². The first-order valence-electron chi connectivity index (χ1n) is 6.34. The molecule has 3 nitrogen and oxygen atoms in total. The Balaban J connectivity index is 2.23. The quantitative estimate of drug-likeness (QED) is 0.832. The Bertz CT molecular complexity index is 644. The number of aromatic hydroxyl groups is 1. The van der Waals surface area contributed by atoms with Crippen LogP contribution in [-0.2, 0) is 0 Å². The van der Waals surface area contributed by atoms with E-state index in [0.717, 1.165) is 16.8 Å². The van der Waals surface area contributed by atoms with Gasteiger partial charge in [-0.3, -0.25) is 0 Å². The number of anilines is 1. The summed E-state index contributed by atoms with van der Waals surface area (Å²) in [6.07, 6.45) is 5.39. The molecule has 0 aliphatic carbocycles. The molecule has 0 radical (unpaired) electrons. The van der Waals surface area contributed by atoms with Crippen LogP contribution in [0.25, 0.3) is 0 Å². The molecular weight excluding hydrogens is 250 g/mol. The van der Waals surface area contributed by atoms with Gasteiger partial charge in [-0.25, -0.2) is 0 Å². The van der Waals surface area contributed by atoms with E-state index >= 15 is 0 Å². The largest absolute Gasteiger partial charge is 0.508 e. The van der Waals surface area contributed by atoms with Gasteiger partial charge in [0.15, 0.2) is 0 Å². The van der Waals surface area contributed by atoms with Crippen molar-refractivity contribution in [3.05, 3.63) is 53.6 Å². The van der Waals surface area contributed by atoms with Crippen molar-refractivity contribution in [1.29, 1.82) is 0 Å². The molecule has 2 aromatic carbocycles. The van der Waals surface area contributed by atoms with Gasteiger partial charge in [0.25, 0.3) is 0 Å². The standard InChI is InChI=1S/C17H17NO2/c1-4-13-6-5-7-14(10-13)18-12(2)16-11-15(20-3)8-9-17(16)19/h1,5-12,18-19H,2-3H3. The van der Waals surface area contributed by atoms with E-state index in [1.165, 1.54) is 0 Å². The van der Waals surface area contributed by atoms with Crippen LogP contribution in [0.5, 0.6) is 11.5 Å². The Labute approximate surface area is 119 Å². The average molecular weight is 267 g/mol. The fourth-order valence-corrected chi connectivity index (χ4v) is 2.03. The van der Waals surface area contributed by atoms with Gasteiger partial charge in [-0.15, -0.1) is 6.42 Å². The van der Waals surface area contributed by atoms with E-state index in [9.17, 15) is 5.11 Å². The minimum Gasteiger partial charge on any atom is -0.508 e. The SMILES string of the molecule is C#Cc1cccc(NC(C)c2cc(OC)ccc2O)c1. The Morgan fingerprint density at radius 2 is 2.05 bits per heavy atom. The van der Waals surface area contributed by atoms with E-state index in [1.807, 2.05) is 37.3 Å². The maximum atomic E-state index is 9.95. The van der Waals surface area contributed by atoms with Crippen LogP contribution in [0.15, 0.2) is 42.5 Å². The molecule has 1 unspecified atom stereocenters. The Hall–Kier alpha value is -2.60. The van der Waals surface area contributed by atoms with Gasteiger partial charge in [0.1, 0.15) is 11.5 Å². The fraction of sp³-hybridized carbons (Fsp3) is 0.176. The number of ether oxygens (including phenoxy) is 1. The summed E-state index contributed by atoms with van der Waals surface area (Å²) in [5.74, 6) is 3.55. The van der Waals surface area contributed by atoms with Gasteiger partial charge in [-0.05, 0) is 43.3 Å². The van der Waals surface area contributed by atoms with Gasteiger partial charge in [0.05, 0.1) is 13.2 Å². The predicted octanol–water partition coefficient (Wildman–Crippen LogP) is 3.56. The monoisotopic (exact) mass is 267 g/mol. The second-order valence-corrected chi connectivity index (χ2v) is 4.52. The molecule has 2 rings (SSSR count). The average Bonchev–Trinajstić information content (AvgIpc) is 2.47. The first-order chi connectivity index (χ1) is 9.63. The summed E-state index contributed by atoms with van der Waals surface area (Å²) in [7, 11) is 1.60. The van der Waals surface area contributed by atoms with Crippen LogP contribution < -0.4 is 10.1 Å². The summed E-state index contributed by atoms with van der Waals surface area (Å²) in [5.41, 5.74) is 2.50. The highest BCUT2D eigenvalue weighted by Gasteiger charge is 2.11. The van der Waals surface area contributed by atoms with Gasteiger partial charge in [0.2, 0.25) is 0 Å². The number of methoxy groups -OCH3 is 1. The molecule has 3 heteroatoms. The van der Waals surface area contributed by atoms with Gasteiger partial charge < -0.3 is 15.2 Å². The van der Waals surface area contributed by atoms with E-state index < -0.39 is 0 Å². The highest BCUT2D eigenvalue weighted by Crippen LogP contribution is 2.30. The number of phenolic OH excluding ortho intramolecular Hbond substituents is 1. The van der Waals surface area contributed by atoms with Crippen LogP contribution >= 0.6 is 0 Å². The molecule has 0 saturated carbocycles. The molecule has 0 fully saturated rings. The van der Waals surface area contributed by atoms with Gasteiger partial charge >= 0.3 is 0 Å². The summed E-state index contributed by atoms with van der Waals surface area (Å²) in [4.78, 5) is 0. The first kappa shape index (κ1) is 13.8. The lowest BCUT2D eigenvalue weighted by molar-refractivity contribution is 0.410. The van der Waals surface area contributed by atoms with E-state index in [1.54, 1.807) is 19.2 Å². The third-order valence-corrected chi connectivity index (χ3v) is 3.11. The molecule has 0 aliphatic rings. The number of hydrogen-bond acceptors (Lipinski definition) is 3. The Kier molecular flexibility index (Phi) is 4.17. The molecule has 0 aliphatic heterocycles. The Morgan fingerprint density at radius 1 is 1.25 bits per heavy atom. The first-order valence-corrected chi connectivity index (χ1v) is 6.34. The smallest absolute Gasteiger partial charge is 0.121 e. The zero-order chi connectivity index (χ0) is 14.5.